The molecule has 1 N–H and O–H groups in total. The first-order valence-corrected chi connectivity index (χ1v) is 9.70. The van der Waals surface area contributed by atoms with Crippen LogP contribution in [0, 0.1) is 23.2 Å². The van der Waals surface area contributed by atoms with E-state index in [4.69, 9.17) is 9.29 Å². The van der Waals surface area contributed by atoms with Gasteiger partial charge in [-0.05, 0) is 56.3 Å². The van der Waals surface area contributed by atoms with Gasteiger partial charge in [0.05, 0.1) is 18.4 Å². The number of carbonyl (C=O) groups is 1. The Morgan fingerprint density at radius 2 is 1.46 bits per heavy atom. The first-order valence-electron chi connectivity index (χ1n) is 8.26. The van der Waals surface area contributed by atoms with Gasteiger partial charge in [0.15, 0.2) is 0 Å². The van der Waals surface area contributed by atoms with Crippen molar-refractivity contribution in [2.45, 2.75) is 56.1 Å². The predicted molar refractivity (Wildman–Crippen MR) is 84.8 cm³/mol. The van der Waals surface area contributed by atoms with E-state index in [0.717, 1.165) is 19.3 Å². The van der Waals surface area contributed by atoms with E-state index in [9.17, 15) is 30.8 Å². The fourth-order valence-corrected chi connectivity index (χ4v) is 5.60. The summed E-state index contributed by atoms with van der Waals surface area (Å²) in [6.45, 7) is -1.03. The van der Waals surface area contributed by atoms with Crippen LogP contribution in [0.15, 0.2) is 0 Å². The van der Waals surface area contributed by atoms with Crippen LogP contribution in [0.25, 0.3) is 0 Å². The van der Waals surface area contributed by atoms with Crippen LogP contribution in [0.2, 0.25) is 0 Å². The third kappa shape index (κ3) is 3.81. The molecule has 0 aliphatic heterocycles. The Kier molecular flexibility index (Phi) is 6.17. The quantitative estimate of drug-likeness (QED) is 0.314. The SMILES string of the molecule is O=C(OCCC(F)(F)C(F)(F)S(=O)(=O)O)C12CC3CC(CC(C3)C1)C2.[NaH]. The van der Waals surface area contributed by atoms with Crippen LogP contribution in [-0.2, 0) is 19.6 Å². The van der Waals surface area contributed by atoms with Crippen LogP contribution in [0.3, 0.4) is 0 Å². The summed E-state index contributed by atoms with van der Waals surface area (Å²) in [6, 6.07) is 0. The van der Waals surface area contributed by atoms with E-state index in [1.54, 1.807) is 0 Å². The Labute approximate surface area is 171 Å². The van der Waals surface area contributed by atoms with Gasteiger partial charge in [0.25, 0.3) is 0 Å². The van der Waals surface area contributed by atoms with Gasteiger partial charge in [-0.1, -0.05) is 0 Å². The van der Waals surface area contributed by atoms with Gasteiger partial charge in [-0.25, -0.2) is 0 Å². The van der Waals surface area contributed by atoms with Gasteiger partial charge in [-0.15, -0.1) is 0 Å². The molecule has 146 valence electrons. The summed E-state index contributed by atoms with van der Waals surface area (Å²) in [7, 11) is -6.27. The number of rotatable bonds is 6. The van der Waals surface area contributed by atoms with Gasteiger partial charge >= 0.3 is 56.8 Å². The molecule has 0 spiro atoms. The summed E-state index contributed by atoms with van der Waals surface area (Å²) in [5.41, 5.74) is -0.713. The molecular formula is C15H21F4NaO5S. The molecule has 11 heteroatoms. The number of hydrogen-bond donors (Lipinski definition) is 1. The number of halogens is 4. The molecule has 0 heterocycles. The summed E-state index contributed by atoms with van der Waals surface area (Å²) in [5.74, 6) is -4.43. The Morgan fingerprint density at radius 1 is 1.04 bits per heavy atom. The number of ether oxygens (including phenoxy) is 1. The number of hydrogen-bond acceptors (Lipinski definition) is 4. The van der Waals surface area contributed by atoms with E-state index in [0.29, 0.717) is 37.0 Å². The van der Waals surface area contributed by atoms with E-state index in [1.165, 1.54) is 0 Å². The molecule has 4 aliphatic carbocycles. The number of esters is 1. The zero-order valence-corrected chi connectivity index (χ0v) is 14.2. The molecular weight excluding hydrogens is 391 g/mol. The molecule has 4 saturated carbocycles. The van der Waals surface area contributed by atoms with Gasteiger partial charge in [-0.3, -0.25) is 9.35 Å². The Balaban J connectivity index is 0.00000243. The first-order chi connectivity index (χ1) is 11.4. The van der Waals surface area contributed by atoms with Gasteiger partial charge in [0.1, 0.15) is 0 Å². The standard InChI is InChI=1S/C15H20F4O5S.Na.H/c16-14(17,15(18,19)25(21,22)23)1-2-24-12(20)13-6-9-3-10(7-13)5-11(4-9)8-13;;/h9-11H,1-8H2,(H,21,22,23);;. The molecule has 0 saturated heterocycles. The summed E-state index contributed by atoms with van der Waals surface area (Å²) in [5, 5.41) is -5.63. The van der Waals surface area contributed by atoms with Crippen LogP contribution in [-0.4, -0.2) is 66.3 Å². The molecule has 26 heavy (non-hydrogen) atoms. The van der Waals surface area contributed by atoms with Crippen LogP contribution in [0.5, 0.6) is 0 Å². The molecule has 4 rings (SSSR count). The molecule has 4 aliphatic rings. The van der Waals surface area contributed by atoms with Gasteiger partial charge in [-0.2, -0.15) is 26.0 Å². The van der Waals surface area contributed by atoms with E-state index in [-0.39, 0.29) is 29.6 Å². The third-order valence-corrected chi connectivity index (χ3v) is 6.82. The average molecular weight is 412 g/mol. The van der Waals surface area contributed by atoms with Crippen molar-refractivity contribution >= 4 is 45.6 Å². The molecule has 0 aromatic carbocycles. The molecule has 0 aromatic rings. The third-order valence-electron chi connectivity index (χ3n) is 5.87. The molecule has 5 nitrogen and oxygen atoms in total. The first kappa shape index (κ1) is 22.4. The molecule has 0 unspecified atom stereocenters. The number of carbonyl (C=O) groups excluding carboxylic acids is 1. The van der Waals surface area contributed by atoms with Crippen molar-refractivity contribution in [2.75, 3.05) is 6.61 Å². The Morgan fingerprint density at radius 3 is 1.85 bits per heavy atom. The molecule has 0 amide bonds. The van der Waals surface area contributed by atoms with Crippen molar-refractivity contribution in [3.8, 4) is 0 Å². The molecule has 0 aromatic heterocycles. The fourth-order valence-electron chi connectivity index (χ4n) is 5.12. The second-order valence-corrected chi connectivity index (χ2v) is 9.24. The van der Waals surface area contributed by atoms with Crippen molar-refractivity contribution in [3.63, 3.8) is 0 Å². The van der Waals surface area contributed by atoms with Crippen LogP contribution in [0.1, 0.15) is 44.9 Å². The summed E-state index contributed by atoms with van der Waals surface area (Å²) >= 11 is 0. The van der Waals surface area contributed by atoms with Crippen LogP contribution in [0.4, 0.5) is 17.6 Å². The maximum absolute atomic E-state index is 13.4. The molecule has 0 radical (unpaired) electrons. The molecule has 4 bridgehead atoms. The van der Waals surface area contributed by atoms with E-state index < -0.39 is 45.7 Å². The zero-order valence-electron chi connectivity index (χ0n) is 13.4. The maximum atomic E-state index is 13.4. The predicted octanol–water partition coefficient (Wildman–Crippen LogP) is 2.60. The topological polar surface area (TPSA) is 80.7 Å². The minimum atomic E-state index is -6.27. The van der Waals surface area contributed by atoms with Crippen molar-refractivity contribution in [2.24, 2.45) is 23.2 Å². The van der Waals surface area contributed by atoms with E-state index >= 15 is 0 Å². The van der Waals surface area contributed by atoms with Gasteiger partial charge < -0.3 is 4.74 Å². The minimum absolute atomic E-state index is 0. The summed E-state index contributed by atoms with van der Waals surface area (Å²) in [6.07, 6.45) is 3.40. The monoisotopic (exact) mass is 412 g/mol. The van der Waals surface area contributed by atoms with E-state index in [1.807, 2.05) is 0 Å². The van der Waals surface area contributed by atoms with Crippen LogP contribution < -0.4 is 0 Å². The number of alkyl halides is 4. The van der Waals surface area contributed by atoms with Gasteiger partial charge in [0.2, 0.25) is 0 Å². The Bertz CT molecular complexity index is 632. The van der Waals surface area contributed by atoms with E-state index in [2.05, 4.69) is 0 Å². The van der Waals surface area contributed by atoms with Crippen LogP contribution >= 0.6 is 0 Å². The Hall–Kier alpha value is 0.1000. The molecule has 0 atom stereocenters. The van der Waals surface area contributed by atoms with Gasteiger partial charge in [0, 0.05) is 0 Å². The summed E-state index contributed by atoms with van der Waals surface area (Å²) in [4.78, 5) is 12.4. The second-order valence-electron chi connectivity index (χ2n) is 7.78. The van der Waals surface area contributed by atoms with Crippen molar-refractivity contribution in [3.05, 3.63) is 0 Å². The second kappa shape index (κ2) is 7.17. The molecule has 4 fully saturated rings. The average Bonchev–Trinajstić information content (AvgIpc) is 2.44. The summed E-state index contributed by atoms with van der Waals surface area (Å²) < 4.78 is 87.1. The van der Waals surface area contributed by atoms with Crippen molar-refractivity contribution in [1.29, 1.82) is 0 Å². The normalized spacial score (nSPS) is 33.7. The van der Waals surface area contributed by atoms with Crippen molar-refractivity contribution < 1.29 is 40.1 Å². The van der Waals surface area contributed by atoms with Crippen molar-refractivity contribution in [1.82, 2.24) is 0 Å². The zero-order chi connectivity index (χ0) is 18.7. The fraction of sp³-hybridized carbons (Fsp3) is 0.933.